The third-order valence-electron chi connectivity index (χ3n) is 5.76. The number of aliphatic imine (C=N–C) groups is 1. The normalized spacial score (nSPS) is 15.2. The number of thioether (sulfide) groups is 1. The molecule has 4 aromatic carbocycles. The Morgan fingerprint density at radius 3 is 2.33 bits per heavy atom. The van der Waals surface area contributed by atoms with Gasteiger partial charge in [-0.05, 0) is 102 Å². The molecule has 0 radical (unpaired) electrons. The Bertz CT molecular complexity index is 1630. The Balaban J connectivity index is 1.47. The van der Waals surface area contributed by atoms with Crippen molar-refractivity contribution in [2.45, 2.75) is 6.61 Å². The zero-order valence-electron chi connectivity index (χ0n) is 20.9. The van der Waals surface area contributed by atoms with Crippen molar-refractivity contribution >= 4 is 75.1 Å². The average molecular weight is 614 g/mol. The molecule has 202 valence electrons. The minimum Gasteiger partial charge on any atom is -0.493 e. The van der Waals surface area contributed by atoms with E-state index in [1.165, 1.54) is 35.9 Å². The molecular weight excluding hydrogens is 594 g/mol. The molecule has 0 aliphatic carbocycles. The molecule has 1 amide bonds. The summed E-state index contributed by atoms with van der Waals surface area (Å²) in [5.41, 5.74) is 2.53. The average Bonchev–Trinajstić information content (AvgIpc) is 3.23. The minimum absolute atomic E-state index is 0.100. The van der Waals surface area contributed by atoms with Crippen LogP contribution in [0.1, 0.15) is 11.1 Å². The SMILES string of the molecule is COc1cc(/C=C2\SC(=Nc3ccc(Cl)cc3)N(c3ccc(Cl)cc3)C2=O)cc(Cl)c1OCc1cccc(F)c1. The molecule has 1 aliphatic rings. The number of methoxy groups -OCH3 is 1. The largest absolute Gasteiger partial charge is 0.493 e. The number of benzene rings is 4. The maximum absolute atomic E-state index is 13.6. The Morgan fingerprint density at radius 1 is 0.950 bits per heavy atom. The van der Waals surface area contributed by atoms with E-state index >= 15 is 0 Å². The number of hydrogen-bond acceptors (Lipinski definition) is 5. The number of anilines is 1. The fourth-order valence-electron chi connectivity index (χ4n) is 3.89. The molecular formula is C30H20Cl3FN2O3S. The fraction of sp³-hybridized carbons (Fsp3) is 0.0667. The van der Waals surface area contributed by atoms with Crippen LogP contribution < -0.4 is 14.4 Å². The summed E-state index contributed by atoms with van der Waals surface area (Å²) in [4.78, 5) is 20.3. The molecule has 5 nitrogen and oxygen atoms in total. The van der Waals surface area contributed by atoms with E-state index in [1.807, 2.05) is 0 Å². The first-order valence-electron chi connectivity index (χ1n) is 11.9. The van der Waals surface area contributed by atoms with Crippen molar-refractivity contribution in [3.8, 4) is 11.5 Å². The van der Waals surface area contributed by atoms with Crippen molar-refractivity contribution in [2.75, 3.05) is 12.0 Å². The zero-order chi connectivity index (χ0) is 28.2. The lowest BCUT2D eigenvalue weighted by molar-refractivity contribution is -0.113. The smallest absolute Gasteiger partial charge is 0.271 e. The van der Waals surface area contributed by atoms with Crippen LogP contribution in [0, 0.1) is 5.82 Å². The molecule has 40 heavy (non-hydrogen) atoms. The number of ether oxygens (including phenoxy) is 2. The van der Waals surface area contributed by atoms with Gasteiger partial charge >= 0.3 is 0 Å². The molecule has 5 rings (SSSR count). The minimum atomic E-state index is -0.355. The number of amides is 1. The highest BCUT2D eigenvalue weighted by Crippen LogP contribution is 2.41. The van der Waals surface area contributed by atoms with Gasteiger partial charge in [-0.3, -0.25) is 9.69 Å². The lowest BCUT2D eigenvalue weighted by Gasteiger charge is -2.15. The molecule has 0 unspecified atom stereocenters. The summed E-state index contributed by atoms with van der Waals surface area (Å²) >= 11 is 19.9. The van der Waals surface area contributed by atoms with E-state index in [4.69, 9.17) is 49.3 Å². The van der Waals surface area contributed by atoms with Crippen molar-refractivity contribution in [2.24, 2.45) is 4.99 Å². The molecule has 4 aromatic rings. The van der Waals surface area contributed by atoms with Crippen LogP contribution in [0.3, 0.4) is 0 Å². The Hall–Kier alpha value is -3.49. The predicted molar refractivity (Wildman–Crippen MR) is 162 cm³/mol. The van der Waals surface area contributed by atoms with Gasteiger partial charge in [0, 0.05) is 10.0 Å². The standard InChI is InChI=1S/C30H20Cl3FN2O3S/c1-38-26-15-19(14-25(33)28(26)39-17-18-3-2-4-22(34)13-18)16-27-29(37)36(24-11-7-21(32)8-12-24)30(40-27)35-23-9-5-20(31)6-10-23/h2-16H,17H2,1H3/b27-16-,35-30?. The molecule has 1 aliphatic heterocycles. The summed E-state index contributed by atoms with van der Waals surface area (Å²) in [6.45, 7) is 0.100. The number of nitrogens with zero attached hydrogens (tertiary/aromatic N) is 2. The molecule has 10 heteroatoms. The third-order valence-corrected chi connectivity index (χ3v) is 7.52. The highest BCUT2D eigenvalue weighted by atomic mass is 35.5. The van der Waals surface area contributed by atoms with Gasteiger partial charge < -0.3 is 9.47 Å². The van der Waals surface area contributed by atoms with E-state index in [1.54, 1.807) is 78.9 Å². The van der Waals surface area contributed by atoms with Crippen LogP contribution in [0.5, 0.6) is 11.5 Å². The summed E-state index contributed by atoms with van der Waals surface area (Å²) in [6, 6.07) is 23.4. The summed E-state index contributed by atoms with van der Waals surface area (Å²) in [5.74, 6) is 0.0672. The number of halogens is 4. The van der Waals surface area contributed by atoms with E-state index in [2.05, 4.69) is 0 Å². The molecule has 1 heterocycles. The maximum Gasteiger partial charge on any atom is 0.271 e. The van der Waals surface area contributed by atoms with Gasteiger partial charge in [0.15, 0.2) is 16.7 Å². The maximum atomic E-state index is 13.6. The molecule has 0 spiro atoms. The van der Waals surface area contributed by atoms with E-state index < -0.39 is 0 Å². The Labute approximate surface area is 249 Å². The molecule has 1 saturated heterocycles. The topological polar surface area (TPSA) is 51.1 Å². The van der Waals surface area contributed by atoms with Crippen molar-refractivity contribution < 1.29 is 18.7 Å². The first-order valence-corrected chi connectivity index (χ1v) is 13.8. The van der Waals surface area contributed by atoms with Gasteiger partial charge in [0.2, 0.25) is 0 Å². The second-order valence-electron chi connectivity index (χ2n) is 8.55. The monoisotopic (exact) mass is 612 g/mol. The molecule has 0 atom stereocenters. The van der Waals surface area contributed by atoms with Crippen molar-refractivity contribution in [3.63, 3.8) is 0 Å². The first-order chi connectivity index (χ1) is 19.3. The van der Waals surface area contributed by atoms with Gasteiger partial charge in [0.1, 0.15) is 12.4 Å². The Morgan fingerprint density at radius 2 is 1.65 bits per heavy atom. The van der Waals surface area contributed by atoms with Crippen LogP contribution in [0.25, 0.3) is 6.08 Å². The number of amidine groups is 1. The van der Waals surface area contributed by atoms with E-state index in [-0.39, 0.29) is 23.4 Å². The molecule has 0 bridgehead atoms. The van der Waals surface area contributed by atoms with E-state index in [0.29, 0.717) is 54.1 Å². The summed E-state index contributed by atoms with van der Waals surface area (Å²) in [6.07, 6.45) is 1.71. The van der Waals surface area contributed by atoms with Gasteiger partial charge in [-0.1, -0.05) is 46.9 Å². The van der Waals surface area contributed by atoms with Crippen LogP contribution in [-0.2, 0) is 11.4 Å². The number of carbonyl (C=O) groups excluding carboxylic acids is 1. The summed E-state index contributed by atoms with van der Waals surface area (Å²) in [7, 11) is 1.49. The quantitative estimate of drug-likeness (QED) is 0.195. The predicted octanol–water partition coefficient (Wildman–Crippen LogP) is 9.18. The Kier molecular flexibility index (Phi) is 8.66. The van der Waals surface area contributed by atoms with Gasteiger partial charge in [-0.25, -0.2) is 9.38 Å². The highest BCUT2D eigenvalue weighted by Gasteiger charge is 2.35. The summed E-state index contributed by atoms with van der Waals surface area (Å²) < 4.78 is 24.9. The van der Waals surface area contributed by atoms with Crippen molar-refractivity contribution in [3.05, 3.63) is 122 Å². The first kappa shape index (κ1) is 28.1. The highest BCUT2D eigenvalue weighted by molar-refractivity contribution is 8.19. The van der Waals surface area contributed by atoms with Gasteiger partial charge in [0.25, 0.3) is 5.91 Å². The van der Waals surface area contributed by atoms with E-state index in [0.717, 1.165) is 0 Å². The van der Waals surface area contributed by atoms with Crippen LogP contribution in [0.15, 0.2) is 94.8 Å². The van der Waals surface area contributed by atoms with Crippen LogP contribution in [-0.4, -0.2) is 18.2 Å². The van der Waals surface area contributed by atoms with Gasteiger partial charge in [0.05, 0.1) is 28.4 Å². The second kappa shape index (κ2) is 12.4. The van der Waals surface area contributed by atoms with Crippen molar-refractivity contribution in [1.82, 2.24) is 0 Å². The second-order valence-corrected chi connectivity index (χ2v) is 10.8. The molecule has 1 fully saturated rings. The number of rotatable bonds is 7. The zero-order valence-corrected chi connectivity index (χ0v) is 24.0. The van der Waals surface area contributed by atoms with Gasteiger partial charge in [-0.2, -0.15) is 0 Å². The third kappa shape index (κ3) is 6.45. The lowest BCUT2D eigenvalue weighted by atomic mass is 10.1. The molecule has 0 aromatic heterocycles. The number of carbonyl (C=O) groups is 1. The molecule has 0 saturated carbocycles. The van der Waals surface area contributed by atoms with Crippen LogP contribution in [0.2, 0.25) is 15.1 Å². The number of hydrogen-bond donors (Lipinski definition) is 0. The van der Waals surface area contributed by atoms with E-state index in [9.17, 15) is 9.18 Å². The van der Waals surface area contributed by atoms with Crippen LogP contribution in [0.4, 0.5) is 15.8 Å². The lowest BCUT2D eigenvalue weighted by Crippen LogP contribution is -2.28. The summed E-state index contributed by atoms with van der Waals surface area (Å²) in [5, 5.41) is 1.89. The van der Waals surface area contributed by atoms with Crippen molar-refractivity contribution in [1.29, 1.82) is 0 Å². The van der Waals surface area contributed by atoms with Crippen LogP contribution >= 0.6 is 46.6 Å². The van der Waals surface area contributed by atoms with Gasteiger partial charge in [-0.15, -0.1) is 0 Å². The molecule has 0 N–H and O–H groups in total. The fourth-order valence-corrected chi connectivity index (χ4v) is 5.42.